The summed E-state index contributed by atoms with van der Waals surface area (Å²) in [7, 11) is -3.24. The lowest BCUT2D eigenvalue weighted by Gasteiger charge is -2.40. The van der Waals surface area contributed by atoms with Gasteiger partial charge in [-0.05, 0) is 42.2 Å². The van der Waals surface area contributed by atoms with E-state index in [1.807, 2.05) is 30.3 Å². The molecule has 0 aliphatic carbocycles. The molecule has 0 bridgehead atoms. The predicted molar refractivity (Wildman–Crippen MR) is 132 cm³/mol. The zero-order valence-electron chi connectivity index (χ0n) is 18.5. The molecular weight excluding hydrogens is 440 g/mol. The van der Waals surface area contributed by atoms with Gasteiger partial charge in [0.2, 0.25) is 10.0 Å². The summed E-state index contributed by atoms with van der Waals surface area (Å²) in [6.07, 6.45) is 2.03. The fourth-order valence-electron chi connectivity index (χ4n) is 4.44. The molecule has 6 heteroatoms. The lowest BCUT2D eigenvalue weighted by atomic mass is 10.0. The Kier molecular flexibility index (Phi) is 7.01. The van der Waals surface area contributed by atoms with Crippen molar-refractivity contribution in [1.82, 2.24) is 9.21 Å². The van der Waals surface area contributed by atoms with Crippen molar-refractivity contribution in [2.75, 3.05) is 25.9 Å². The molecule has 1 aliphatic rings. The molecule has 1 aliphatic heterocycles. The summed E-state index contributed by atoms with van der Waals surface area (Å²) in [5, 5.41) is 0.754. The Balaban J connectivity index is 1.47. The van der Waals surface area contributed by atoms with Crippen molar-refractivity contribution >= 4 is 21.6 Å². The largest absolute Gasteiger partial charge is 0.296 e. The number of halogens is 1. The number of hydrogen-bond acceptors (Lipinski definition) is 3. The highest BCUT2D eigenvalue weighted by molar-refractivity contribution is 7.88. The zero-order valence-corrected chi connectivity index (χ0v) is 20.1. The van der Waals surface area contributed by atoms with Gasteiger partial charge in [-0.25, -0.2) is 8.42 Å². The predicted octanol–water partition coefficient (Wildman–Crippen LogP) is 5.00. The molecular formula is C26H29ClN2O2S. The molecule has 0 amide bonds. The Morgan fingerprint density at radius 2 is 1.66 bits per heavy atom. The Morgan fingerprint density at radius 3 is 2.34 bits per heavy atom. The van der Waals surface area contributed by atoms with Crippen LogP contribution in [0.2, 0.25) is 5.02 Å². The van der Waals surface area contributed by atoms with Crippen molar-refractivity contribution in [3.8, 4) is 11.1 Å². The van der Waals surface area contributed by atoms with E-state index in [2.05, 4.69) is 54.3 Å². The normalized spacial score (nSPS) is 18.0. The molecule has 1 fully saturated rings. The van der Waals surface area contributed by atoms with E-state index >= 15 is 0 Å². The van der Waals surface area contributed by atoms with Crippen molar-refractivity contribution in [3.05, 3.63) is 94.5 Å². The minimum Gasteiger partial charge on any atom is -0.296 e. The van der Waals surface area contributed by atoms with E-state index in [4.69, 9.17) is 11.6 Å². The third-order valence-electron chi connectivity index (χ3n) is 6.05. The molecule has 0 radical (unpaired) electrons. The maximum atomic E-state index is 12.4. The van der Waals surface area contributed by atoms with Gasteiger partial charge in [-0.1, -0.05) is 77.8 Å². The molecule has 168 valence electrons. The van der Waals surface area contributed by atoms with Crippen LogP contribution in [-0.4, -0.2) is 49.6 Å². The minimum atomic E-state index is -3.24. The van der Waals surface area contributed by atoms with Crippen LogP contribution in [0.15, 0.2) is 72.8 Å². The first-order chi connectivity index (χ1) is 15.3. The van der Waals surface area contributed by atoms with Crippen molar-refractivity contribution in [1.29, 1.82) is 0 Å². The number of nitrogens with zero attached hydrogens (tertiary/aromatic N) is 2. The SMILES string of the molecule is Cc1ccc(Cl)c(-c2ccc(CN3CCN(S(C)(=O)=O)C(Cc4ccccc4)C3)cc2)c1. The van der Waals surface area contributed by atoms with Gasteiger partial charge in [0, 0.05) is 42.8 Å². The summed E-state index contributed by atoms with van der Waals surface area (Å²) in [6.45, 7) is 4.82. The first-order valence-electron chi connectivity index (χ1n) is 10.9. The van der Waals surface area contributed by atoms with Crippen LogP contribution in [0.5, 0.6) is 0 Å². The molecule has 0 spiro atoms. The topological polar surface area (TPSA) is 40.6 Å². The number of aryl methyl sites for hydroxylation is 1. The maximum absolute atomic E-state index is 12.4. The first-order valence-corrected chi connectivity index (χ1v) is 13.1. The van der Waals surface area contributed by atoms with Crippen LogP contribution in [0.25, 0.3) is 11.1 Å². The molecule has 4 rings (SSSR count). The van der Waals surface area contributed by atoms with Crippen LogP contribution in [0.1, 0.15) is 16.7 Å². The van der Waals surface area contributed by atoms with Gasteiger partial charge in [0.15, 0.2) is 0 Å². The number of rotatable bonds is 6. The van der Waals surface area contributed by atoms with E-state index in [1.54, 1.807) is 4.31 Å². The molecule has 1 unspecified atom stereocenters. The van der Waals surface area contributed by atoms with E-state index in [9.17, 15) is 8.42 Å². The number of hydrogen-bond donors (Lipinski definition) is 0. The van der Waals surface area contributed by atoms with Crippen LogP contribution in [0.4, 0.5) is 0 Å². The second kappa shape index (κ2) is 9.75. The molecule has 3 aromatic carbocycles. The van der Waals surface area contributed by atoms with E-state index < -0.39 is 10.0 Å². The van der Waals surface area contributed by atoms with Gasteiger partial charge in [0.1, 0.15) is 0 Å². The highest BCUT2D eigenvalue weighted by Gasteiger charge is 2.32. The monoisotopic (exact) mass is 468 g/mol. The lowest BCUT2D eigenvalue weighted by molar-refractivity contribution is 0.129. The van der Waals surface area contributed by atoms with Gasteiger partial charge in [-0.3, -0.25) is 4.90 Å². The van der Waals surface area contributed by atoms with Crippen LogP contribution in [-0.2, 0) is 23.0 Å². The van der Waals surface area contributed by atoms with Crippen LogP contribution in [0, 0.1) is 6.92 Å². The van der Waals surface area contributed by atoms with E-state index in [0.29, 0.717) is 13.1 Å². The second-order valence-electron chi connectivity index (χ2n) is 8.63. The highest BCUT2D eigenvalue weighted by atomic mass is 35.5. The molecule has 4 nitrogen and oxygen atoms in total. The number of piperazine rings is 1. The summed E-state index contributed by atoms with van der Waals surface area (Å²) in [4.78, 5) is 2.35. The summed E-state index contributed by atoms with van der Waals surface area (Å²) < 4.78 is 26.4. The Hall–Kier alpha value is -2.18. The smallest absolute Gasteiger partial charge is 0.211 e. The third kappa shape index (κ3) is 5.59. The van der Waals surface area contributed by atoms with E-state index in [-0.39, 0.29) is 6.04 Å². The quantitative estimate of drug-likeness (QED) is 0.511. The fraction of sp³-hybridized carbons (Fsp3) is 0.308. The lowest BCUT2D eigenvalue weighted by Crippen LogP contribution is -2.55. The molecule has 0 aromatic heterocycles. The number of sulfonamides is 1. The number of benzene rings is 3. The molecule has 1 atom stereocenters. The second-order valence-corrected chi connectivity index (χ2v) is 11.0. The van der Waals surface area contributed by atoms with Crippen molar-refractivity contribution < 1.29 is 8.42 Å². The van der Waals surface area contributed by atoms with Gasteiger partial charge < -0.3 is 0 Å². The molecule has 3 aromatic rings. The summed E-state index contributed by atoms with van der Waals surface area (Å²) in [6, 6.07) is 24.6. The van der Waals surface area contributed by atoms with Crippen LogP contribution < -0.4 is 0 Å². The van der Waals surface area contributed by atoms with Gasteiger partial charge in [0.25, 0.3) is 0 Å². The maximum Gasteiger partial charge on any atom is 0.211 e. The Morgan fingerprint density at radius 1 is 0.938 bits per heavy atom. The van der Waals surface area contributed by atoms with Gasteiger partial charge in [-0.15, -0.1) is 0 Å². The third-order valence-corrected chi connectivity index (χ3v) is 7.71. The summed E-state index contributed by atoms with van der Waals surface area (Å²) in [5.74, 6) is 0. The van der Waals surface area contributed by atoms with Crippen molar-refractivity contribution in [2.24, 2.45) is 0 Å². The van der Waals surface area contributed by atoms with E-state index in [0.717, 1.165) is 41.2 Å². The zero-order chi connectivity index (χ0) is 22.7. The van der Waals surface area contributed by atoms with E-state index in [1.165, 1.54) is 17.4 Å². The van der Waals surface area contributed by atoms with Crippen LogP contribution in [0.3, 0.4) is 0 Å². The van der Waals surface area contributed by atoms with Crippen molar-refractivity contribution in [2.45, 2.75) is 25.9 Å². The molecule has 0 saturated carbocycles. The highest BCUT2D eigenvalue weighted by Crippen LogP contribution is 2.29. The average molecular weight is 469 g/mol. The Bertz CT molecular complexity index is 1160. The van der Waals surface area contributed by atoms with Crippen LogP contribution >= 0.6 is 11.6 Å². The molecule has 32 heavy (non-hydrogen) atoms. The van der Waals surface area contributed by atoms with Gasteiger partial charge in [0.05, 0.1) is 6.26 Å². The standard InChI is InChI=1S/C26H29ClN2O2S/c1-20-8-13-26(27)25(16-20)23-11-9-22(10-12-23)18-28-14-15-29(32(2,30)31)24(19-28)17-21-6-4-3-5-7-21/h3-13,16,24H,14-15,17-19H2,1-2H3. The Labute approximate surface area is 196 Å². The summed E-state index contributed by atoms with van der Waals surface area (Å²) >= 11 is 6.40. The van der Waals surface area contributed by atoms with Gasteiger partial charge >= 0.3 is 0 Å². The first kappa shape index (κ1) is 23.0. The fourth-order valence-corrected chi connectivity index (χ4v) is 5.77. The molecule has 1 saturated heterocycles. The van der Waals surface area contributed by atoms with Crippen molar-refractivity contribution in [3.63, 3.8) is 0 Å². The molecule has 1 heterocycles. The minimum absolute atomic E-state index is 0.0634. The summed E-state index contributed by atoms with van der Waals surface area (Å²) in [5.41, 5.74) is 5.70. The molecule has 0 N–H and O–H groups in total. The van der Waals surface area contributed by atoms with Gasteiger partial charge in [-0.2, -0.15) is 4.31 Å². The average Bonchev–Trinajstić information content (AvgIpc) is 2.76.